The van der Waals surface area contributed by atoms with Gasteiger partial charge in [0.2, 0.25) is 5.88 Å². The summed E-state index contributed by atoms with van der Waals surface area (Å²) in [5, 5.41) is 0.131. The summed E-state index contributed by atoms with van der Waals surface area (Å²) in [5.74, 6) is 1.34. The number of rotatable bonds is 5. The van der Waals surface area contributed by atoms with E-state index in [2.05, 4.69) is 9.97 Å². The predicted octanol–water partition coefficient (Wildman–Crippen LogP) is 2.15. The molecule has 1 saturated heterocycles. The lowest BCUT2D eigenvalue weighted by molar-refractivity contribution is 0.129. The maximum Gasteiger partial charge on any atom is 0.262 e. The lowest BCUT2D eigenvalue weighted by atomic mass is 10.1. The van der Waals surface area contributed by atoms with Crippen LogP contribution >= 0.6 is 0 Å². The van der Waals surface area contributed by atoms with Crippen LogP contribution in [0.3, 0.4) is 0 Å². The molecule has 0 aliphatic carbocycles. The molecule has 0 atom stereocenters. The van der Waals surface area contributed by atoms with Crippen LogP contribution in [0.2, 0.25) is 0 Å². The fraction of sp³-hybridized carbons (Fsp3) is 0.529. The molecule has 0 saturated carbocycles. The van der Waals surface area contributed by atoms with Gasteiger partial charge in [-0.15, -0.1) is 0 Å². The Bertz CT molecular complexity index is 839. The van der Waals surface area contributed by atoms with E-state index in [1.54, 1.807) is 12.4 Å². The Labute approximate surface area is 148 Å². The van der Waals surface area contributed by atoms with Crippen molar-refractivity contribution in [1.29, 1.82) is 0 Å². The quantitative estimate of drug-likeness (QED) is 0.812. The van der Waals surface area contributed by atoms with E-state index in [-0.39, 0.29) is 11.1 Å². The average Bonchev–Trinajstić information content (AvgIpc) is 2.99. The summed E-state index contributed by atoms with van der Waals surface area (Å²) in [4.78, 5) is 8.46. The molecule has 0 amide bonds. The zero-order valence-electron chi connectivity index (χ0n) is 14.8. The molecule has 3 heterocycles. The van der Waals surface area contributed by atoms with Crippen LogP contribution in [0.4, 0.5) is 0 Å². The Morgan fingerprint density at radius 1 is 1.28 bits per heavy atom. The molecule has 0 unspecified atom stereocenters. The van der Waals surface area contributed by atoms with E-state index in [1.165, 1.54) is 4.31 Å². The van der Waals surface area contributed by atoms with Crippen molar-refractivity contribution in [1.82, 2.24) is 18.8 Å². The fourth-order valence-corrected chi connectivity index (χ4v) is 4.46. The van der Waals surface area contributed by atoms with Crippen molar-refractivity contribution in [3.8, 4) is 5.88 Å². The van der Waals surface area contributed by atoms with Gasteiger partial charge in [-0.3, -0.25) is 0 Å². The van der Waals surface area contributed by atoms with Crippen LogP contribution in [0.15, 0.2) is 29.6 Å². The Morgan fingerprint density at radius 2 is 2.00 bits per heavy atom. The molecule has 2 aromatic rings. The molecule has 1 aliphatic rings. The second-order valence-electron chi connectivity index (χ2n) is 6.26. The first-order valence-electron chi connectivity index (χ1n) is 8.54. The molecule has 0 N–H and O–H groups in total. The summed E-state index contributed by atoms with van der Waals surface area (Å²) < 4.78 is 34.9. The van der Waals surface area contributed by atoms with Gasteiger partial charge in [0, 0.05) is 37.6 Å². The van der Waals surface area contributed by atoms with Crippen molar-refractivity contribution in [2.45, 2.75) is 51.3 Å². The number of sulfonamides is 1. The largest absolute Gasteiger partial charge is 0.474 e. The molecule has 1 fully saturated rings. The molecule has 7 nitrogen and oxygen atoms in total. The first-order valence-corrected chi connectivity index (χ1v) is 9.98. The van der Waals surface area contributed by atoms with Crippen LogP contribution < -0.4 is 4.74 Å². The Balaban J connectivity index is 1.66. The maximum absolute atomic E-state index is 12.8. The number of nitrogens with zero attached hydrogens (tertiary/aromatic N) is 4. The van der Waals surface area contributed by atoms with Gasteiger partial charge >= 0.3 is 0 Å². The monoisotopic (exact) mass is 364 g/mol. The van der Waals surface area contributed by atoms with Gasteiger partial charge in [0.05, 0.1) is 0 Å². The highest BCUT2D eigenvalue weighted by Gasteiger charge is 2.32. The molecule has 2 aromatic heterocycles. The average molecular weight is 364 g/mol. The minimum Gasteiger partial charge on any atom is -0.474 e. The number of imidazole rings is 1. The SMILES string of the molecule is CCn1cc(S(=O)(=O)N2CCC(Oc3ncccc3C)CC2)nc1C. The topological polar surface area (TPSA) is 77.3 Å². The van der Waals surface area contributed by atoms with Crippen molar-refractivity contribution in [2.24, 2.45) is 0 Å². The maximum atomic E-state index is 12.8. The van der Waals surface area contributed by atoms with Gasteiger partial charge in [0.15, 0.2) is 5.03 Å². The standard InChI is InChI=1S/C17H24N4O3S/c1-4-20-12-16(19-14(20)3)25(22,23)21-10-7-15(8-11-21)24-17-13(2)6-5-9-18-17/h5-6,9,12,15H,4,7-8,10-11H2,1-3H3. The van der Waals surface area contributed by atoms with Gasteiger partial charge in [-0.2, -0.15) is 4.31 Å². The minimum absolute atomic E-state index is 0.0185. The first kappa shape index (κ1) is 17.9. The third kappa shape index (κ3) is 3.69. The number of pyridine rings is 1. The summed E-state index contributed by atoms with van der Waals surface area (Å²) in [6.45, 7) is 7.29. The Morgan fingerprint density at radius 3 is 2.60 bits per heavy atom. The van der Waals surface area contributed by atoms with Crippen LogP contribution in [0, 0.1) is 13.8 Å². The van der Waals surface area contributed by atoms with Crippen LogP contribution in [0.25, 0.3) is 0 Å². The van der Waals surface area contributed by atoms with Crippen LogP contribution in [-0.4, -0.2) is 46.5 Å². The molecule has 1 aliphatic heterocycles. The first-order chi connectivity index (χ1) is 11.9. The van der Waals surface area contributed by atoms with E-state index in [0.29, 0.717) is 44.2 Å². The van der Waals surface area contributed by atoms with Gasteiger partial charge in [-0.25, -0.2) is 18.4 Å². The summed E-state index contributed by atoms with van der Waals surface area (Å²) in [7, 11) is -3.55. The van der Waals surface area contributed by atoms with Crippen molar-refractivity contribution in [3.05, 3.63) is 35.9 Å². The summed E-state index contributed by atoms with van der Waals surface area (Å²) in [6.07, 6.45) is 4.58. The van der Waals surface area contributed by atoms with Crippen LogP contribution in [-0.2, 0) is 16.6 Å². The van der Waals surface area contributed by atoms with E-state index in [4.69, 9.17) is 4.74 Å². The summed E-state index contributed by atoms with van der Waals surface area (Å²) >= 11 is 0. The number of aromatic nitrogens is 3. The number of piperidine rings is 1. The van der Waals surface area contributed by atoms with Crippen molar-refractivity contribution < 1.29 is 13.2 Å². The lowest BCUT2D eigenvalue weighted by Gasteiger charge is -2.30. The van der Waals surface area contributed by atoms with Gasteiger partial charge in [0.1, 0.15) is 11.9 Å². The number of ether oxygens (including phenoxy) is 1. The highest BCUT2D eigenvalue weighted by atomic mass is 32.2. The molecule has 3 rings (SSSR count). The van der Waals surface area contributed by atoms with Gasteiger partial charge in [0.25, 0.3) is 10.0 Å². The second kappa shape index (κ2) is 7.13. The molecule has 0 aromatic carbocycles. The molecule has 8 heteroatoms. The molecule has 136 valence electrons. The third-order valence-electron chi connectivity index (χ3n) is 4.54. The smallest absolute Gasteiger partial charge is 0.262 e. The van der Waals surface area contributed by atoms with E-state index < -0.39 is 10.0 Å². The van der Waals surface area contributed by atoms with E-state index >= 15 is 0 Å². The lowest BCUT2D eigenvalue weighted by Crippen LogP contribution is -2.42. The second-order valence-corrected chi connectivity index (χ2v) is 8.14. The normalized spacial score (nSPS) is 16.9. The fourth-order valence-electron chi connectivity index (χ4n) is 3.00. The summed E-state index contributed by atoms with van der Waals surface area (Å²) in [5.41, 5.74) is 0.984. The van der Waals surface area contributed by atoms with Gasteiger partial charge in [-0.1, -0.05) is 6.07 Å². The van der Waals surface area contributed by atoms with Crippen molar-refractivity contribution in [2.75, 3.05) is 13.1 Å². The number of hydrogen-bond acceptors (Lipinski definition) is 5. The Kier molecular flexibility index (Phi) is 5.10. The van der Waals surface area contributed by atoms with Gasteiger partial charge in [-0.05, 0) is 39.7 Å². The van der Waals surface area contributed by atoms with Crippen molar-refractivity contribution >= 4 is 10.0 Å². The molecular weight excluding hydrogens is 340 g/mol. The van der Waals surface area contributed by atoms with Gasteiger partial charge < -0.3 is 9.30 Å². The molecule has 25 heavy (non-hydrogen) atoms. The van der Waals surface area contributed by atoms with E-state index in [0.717, 1.165) is 5.56 Å². The third-order valence-corrected chi connectivity index (χ3v) is 6.31. The molecule has 0 radical (unpaired) electrons. The predicted molar refractivity (Wildman–Crippen MR) is 94.0 cm³/mol. The van der Waals surface area contributed by atoms with Crippen molar-refractivity contribution in [3.63, 3.8) is 0 Å². The summed E-state index contributed by atoms with van der Waals surface area (Å²) in [6, 6.07) is 3.82. The highest BCUT2D eigenvalue weighted by Crippen LogP contribution is 2.24. The molecule has 0 bridgehead atoms. The molecular formula is C17H24N4O3S. The van der Waals surface area contributed by atoms with Crippen LogP contribution in [0.1, 0.15) is 31.2 Å². The molecule has 0 spiro atoms. The zero-order valence-corrected chi connectivity index (χ0v) is 15.7. The van der Waals surface area contributed by atoms with Crippen LogP contribution in [0.5, 0.6) is 5.88 Å². The highest BCUT2D eigenvalue weighted by molar-refractivity contribution is 7.89. The number of hydrogen-bond donors (Lipinski definition) is 0. The van der Waals surface area contributed by atoms with E-state index in [9.17, 15) is 8.42 Å². The minimum atomic E-state index is -3.55. The number of aryl methyl sites for hydroxylation is 3. The Hall–Kier alpha value is -1.93. The zero-order chi connectivity index (χ0) is 18.0. The van der Waals surface area contributed by atoms with E-state index in [1.807, 2.05) is 37.5 Å².